The summed E-state index contributed by atoms with van der Waals surface area (Å²) in [5, 5.41) is 12.1. The molecular weight excluding hydrogens is 324 g/mol. The van der Waals surface area contributed by atoms with Gasteiger partial charge in [-0.2, -0.15) is 0 Å². The molecule has 1 aromatic rings. The summed E-state index contributed by atoms with van der Waals surface area (Å²) in [4.78, 5) is 11.5. The van der Waals surface area contributed by atoms with E-state index in [4.69, 9.17) is 0 Å². The molecule has 2 N–H and O–H groups in total. The lowest BCUT2D eigenvalue weighted by atomic mass is 9.87. The number of carboxylic acids is 1. The number of carboxylic acid groups (broad SMARTS) is 1. The summed E-state index contributed by atoms with van der Waals surface area (Å²) in [6.45, 7) is 6.04. The Morgan fingerprint density at radius 2 is 1.84 bits per heavy atom. The fraction of sp³-hybridized carbons (Fsp3) is 0.650. The van der Waals surface area contributed by atoms with E-state index in [0.29, 0.717) is 18.4 Å². The number of hydrogen-bond donors (Lipinski definition) is 2. The molecule has 0 fully saturated rings. The molecule has 0 amide bonds. The third-order valence-corrected chi connectivity index (χ3v) is 4.85. The fourth-order valence-electron chi connectivity index (χ4n) is 3.33. The summed E-state index contributed by atoms with van der Waals surface area (Å²) in [6.07, 6.45) is 2.43. The van der Waals surface area contributed by atoms with Crippen molar-refractivity contribution in [1.29, 1.82) is 0 Å². The van der Waals surface area contributed by atoms with Gasteiger partial charge in [0.05, 0.1) is 6.04 Å². The van der Waals surface area contributed by atoms with Crippen molar-refractivity contribution < 1.29 is 18.7 Å². The van der Waals surface area contributed by atoms with Gasteiger partial charge in [0, 0.05) is 0 Å². The smallest absolute Gasteiger partial charge is 0.320 e. The number of aliphatic carboxylic acids is 1. The van der Waals surface area contributed by atoms with Crippen molar-refractivity contribution in [3.8, 4) is 0 Å². The molecule has 1 aliphatic rings. The SMILES string of the molecule is CC(C)(C)CCC(NC(c1ccc2c(c1)CCCC2)C(F)F)C(=O)O. The summed E-state index contributed by atoms with van der Waals surface area (Å²) < 4.78 is 27.3. The zero-order valence-corrected chi connectivity index (χ0v) is 15.3. The molecule has 1 aliphatic carbocycles. The van der Waals surface area contributed by atoms with E-state index < -0.39 is 24.5 Å². The Labute approximate surface area is 148 Å². The van der Waals surface area contributed by atoms with Crippen LogP contribution in [-0.4, -0.2) is 23.5 Å². The van der Waals surface area contributed by atoms with Gasteiger partial charge in [-0.1, -0.05) is 39.0 Å². The third kappa shape index (κ3) is 5.77. The van der Waals surface area contributed by atoms with Crippen molar-refractivity contribution in [2.75, 3.05) is 0 Å². The maximum Gasteiger partial charge on any atom is 0.320 e. The van der Waals surface area contributed by atoms with Crippen LogP contribution in [0, 0.1) is 5.41 Å². The Balaban J connectivity index is 2.17. The molecule has 0 spiro atoms. The summed E-state index contributed by atoms with van der Waals surface area (Å²) >= 11 is 0. The zero-order valence-electron chi connectivity index (χ0n) is 15.3. The lowest BCUT2D eigenvalue weighted by Gasteiger charge is -2.27. The van der Waals surface area contributed by atoms with Crippen LogP contribution in [0.15, 0.2) is 18.2 Å². The first-order valence-corrected chi connectivity index (χ1v) is 9.06. The maximum absolute atomic E-state index is 13.7. The first-order chi connectivity index (χ1) is 11.7. The Morgan fingerprint density at radius 1 is 1.20 bits per heavy atom. The topological polar surface area (TPSA) is 49.3 Å². The van der Waals surface area contributed by atoms with E-state index in [1.165, 1.54) is 5.56 Å². The molecule has 2 rings (SSSR count). The highest BCUT2D eigenvalue weighted by Crippen LogP contribution is 2.29. The van der Waals surface area contributed by atoms with Crippen LogP contribution in [0.25, 0.3) is 0 Å². The normalized spacial score (nSPS) is 17.2. The molecule has 0 bridgehead atoms. The van der Waals surface area contributed by atoms with E-state index in [2.05, 4.69) is 5.32 Å². The number of rotatable bonds is 7. The highest BCUT2D eigenvalue weighted by molar-refractivity contribution is 5.73. The van der Waals surface area contributed by atoms with Gasteiger partial charge in [-0.25, -0.2) is 8.78 Å². The quantitative estimate of drug-likeness (QED) is 0.744. The second-order valence-corrected chi connectivity index (χ2v) is 8.20. The fourth-order valence-corrected chi connectivity index (χ4v) is 3.33. The standard InChI is InChI=1S/C20H29F2NO2/c1-20(2,3)11-10-16(19(24)25)23-17(18(21)22)15-9-8-13-6-4-5-7-14(13)12-15/h8-9,12,16-18,23H,4-7,10-11H2,1-3H3,(H,24,25). The molecule has 2 unspecified atom stereocenters. The molecule has 0 saturated heterocycles. The molecule has 0 radical (unpaired) electrons. The molecule has 0 aliphatic heterocycles. The van der Waals surface area contributed by atoms with Crippen molar-refractivity contribution >= 4 is 5.97 Å². The number of benzene rings is 1. The Morgan fingerprint density at radius 3 is 2.40 bits per heavy atom. The van der Waals surface area contributed by atoms with Crippen molar-refractivity contribution in [2.24, 2.45) is 5.41 Å². The van der Waals surface area contributed by atoms with Gasteiger partial charge in [0.25, 0.3) is 6.43 Å². The van der Waals surface area contributed by atoms with E-state index in [0.717, 1.165) is 31.2 Å². The Bertz CT molecular complexity index is 596. The van der Waals surface area contributed by atoms with Gasteiger partial charge < -0.3 is 5.11 Å². The lowest BCUT2D eigenvalue weighted by molar-refractivity contribution is -0.140. The minimum absolute atomic E-state index is 0.0402. The van der Waals surface area contributed by atoms with E-state index in [-0.39, 0.29) is 5.41 Å². The summed E-state index contributed by atoms with van der Waals surface area (Å²) in [5.74, 6) is -1.08. The predicted octanol–water partition coefficient (Wildman–Crippen LogP) is 4.74. The van der Waals surface area contributed by atoms with Gasteiger partial charge in [-0.15, -0.1) is 0 Å². The van der Waals surface area contributed by atoms with Crippen molar-refractivity contribution in [3.05, 3.63) is 34.9 Å². The van der Waals surface area contributed by atoms with Crippen LogP contribution < -0.4 is 5.32 Å². The number of alkyl halides is 2. The van der Waals surface area contributed by atoms with Crippen LogP contribution in [-0.2, 0) is 17.6 Å². The van der Waals surface area contributed by atoms with Gasteiger partial charge in [0.15, 0.2) is 0 Å². The van der Waals surface area contributed by atoms with E-state index in [1.54, 1.807) is 6.07 Å². The second-order valence-electron chi connectivity index (χ2n) is 8.20. The molecular formula is C20H29F2NO2. The average molecular weight is 353 g/mol. The third-order valence-electron chi connectivity index (χ3n) is 4.85. The minimum atomic E-state index is -2.65. The first-order valence-electron chi connectivity index (χ1n) is 9.06. The van der Waals surface area contributed by atoms with Crippen LogP contribution in [0.3, 0.4) is 0 Å². The number of nitrogens with one attached hydrogen (secondary N) is 1. The number of halogens is 2. The van der Waals surface area contributed by atoms with Crippen molar-refractivity contribution in [2.45, 2.75) is 77.8 Å². The van der Waals surface area contributed by atoms with Gasteiger partial charge in [0.1, 0.15) is 6.04 Å². The number of carbonyl (C=O) groups is 1. The largest absolute Gasteiger partial charge is 0.480 e. The summed E-state index contributed by atoms with van der Waals surface area (Å²) in [5.41, 5.74) is 2.79. The molecule has 0 saturated carbocycles. The van der Waals surface area contributed by atoms with Crippen LogP contribution in [0.4, 0.5) is 8.78 Å². The molecule has 25 heavy (non-hydrogen) atoms. The highest BCUT2D eigenvalue weighted by atomic mass is 19.3. The Hall–Kier alpha value is -1.49. The van der Waals surface area contributed by atoms with Gasteiger partial charge in [-0.3, -0.25) is 10.1 Å². The molecule has 1 aromatic carbocycles. The molecule has 0 aromatic heterocycles. The van der Waals surface area contributed by atoms with E-state index >= 15 is 0 Å². The van der Waals surface area contributed by atoms with E-state index in [9.17, 15) is 18.7 Å². The summed E-state index contributed by atoms with van der Waals surface area (Å²) in [7, 11) is 0. The van der Waals surface area contributed by atoms with Crippen LogP contribution >= 0.6 is 0 Å². The molecule has 140 valence electrons. The van der Waals surface area contributed by atoms with Crippen LogP contribution in [0.5, 0.6) is 0 Å². The zero-order chi connectivity index (χ0) is 18.6. The highest BCUT2D eigenvalue weighted by Gasteiger charge is 2.30. The van der Waals surface area contributed by atoms with Crippen molar-refractivity contribution in [1.82, 2.24) is 5.32 Å². The predicted molar refractivity (Wildman–Crippen MR) is 95.1 cm³/mol. The second kappa shape index (κ2) is 8.26. The molecule has 0 heterocycles. The molecule has 2 atom stereocenters. The van der Waals surface area contributed by atoms with Gasteiger partial charge >= 0.3 is 5.97 Å². The summed E-state index contributed by atoms with van der Waals surface area (Å²) in [6, 6.07) is 3.24. The Kier molecular flexibility index (Phi) is 6.55. The molecule has 3 nitrogen and oxygen atoms in total. The molecule has 5 heteroatoms. The van der Waals surface area contributed by atoms with Gasteiger partial charge in [-0.05, 0) is 60.6 Å². The lowest BCUT2D eigenvalue weighted by Crippen LogP contribution is -2.42. The number of hydrogen-bond acceptors (Lipinski definition) is 2. The monoisotopic (exact) mass is 353 g/mol. The van der Waals surface area contributed by atoms with Crippen molar-refractivity contribution in [3.63, 3.8) is 0 Å². The first kappa shape index (κ1) is 19.8. The van der Waals surface area contributed by atoms with Crippen LogP contribution in [0.2, 0.25) is 0 Å². The maximum atomic E-state index is 13.7. The van der Waals surface area contributed by atoms with Gasteiger partial charge in [0.2, 0.25) is 0 Å². The van der Waals surface area contributed by atoms with E-state index in [1.807, 2.05) is 32.9 Å². The number of fused-ring (bicyclic) bond motifs is 1. The minimum Gasteiger partial charge on any atom is -0.480 e. The number of aryl methyl sites for hydroxylation is 2. The van der Waals surface area contributed by atoms with Crippen LogP contribution in [0.1, 0.15) is 69.2 Å². The average Bonchev–Trinajstić information content (AvgIpc) is 2.53.